The smallest absolute Gasteiger partial charge is 0.319 e. The van der Waals surface area contributed by atoms with Crippen LogP contribution < -0.4 is 21.3 Å². The molecule has 0 unspecified atom stereocenters. The van der Waals surface area contributed by atoms with Crippen molar-refractivity contribution in [3.8, 4) is 0 Å². The van der Waals surface area contributed by atoms with Crippen molar-refractivity contribution >= 4 is 52.4 Å². The van der Waals surface area contributed by atoms with Gasteiger partial charge < -0.3 is 26.2 Å². The van der Waals surface area contributed by atoms with Crippen LogP contribution in [-0.4, -0.2) is 61.1 Å². The predicted molar refractivity (Wildman–Crippen MR) is 147 cm³/mol. The number of urea groups is 1. The number of hydrogen-bond acceptors (Lipinski definition) is 8. The molecule has 13 heteroatoms. The summed E-state index contributed by atoms with van der Waals surface area (Å²) >= 11 is 6.35. The molecule has 0 saturated carbocycles. The number of carbonyl (C=O) groups is 2. The summed E-state index contributed by atoms with van der Waals surface area (Å²) in [7, 11) is 0. The lowest BCUT2D eigenvalue weighted by Crippen LogP contribution is -2.40. The van der Waals surface area contributed by atoms with Crippen LogP contribution in [0.2, 0.25) is 5.02 Å². The zero-order valence-electron chi connectivity index (χ0n) is 20.7. The number of halogens is 1. The average molecular weight is 545 g/mol. The van der Waals surface area contributed by atoms with Crippen molar-refractivity contribution in [2.24, 2.45) is 0 Å². The molecule has 3 aromatic heterocycles. The predicted octanol–water partition coefficient (Wildman–Crippen LogP) is 3.87. The van der Waals surface area contributed by atoms with Crippen LogP contribution in [0, 0.1) is 0 Å². The molecule has 0 aliphatic carbocycles. The fraction of sp³-hybridized carbons (Fsp3) is 0.231. The molecule has 6 bridgehead atoms. The van der Waals surface area contributed by atoms with E-state index >= 15 is 0 Å². The van der Waals surface area contributed by atoms with Gasteiger partial charge in [-0.2, -0.15) is 10.1 Å². The minimum absolute atomic E-state index is 0.129. The fourth-order valence-electron chi connectivity index (χ4n) is 4.70. The number of nitrogens with one attached hydrogen (secondary N) is 5. The summed E-state index contributed by atoms with van der Waals surface area (Å²) < 4.78 is 0. The first kappa shape index (κ1) is 24.6. The number of likely N-dealkylation sites (tertiary alicyclic amines) is 1. The number of benzene rings is 1. The first-order chi connectivity index (χ1) is 19.0. The van der Waals surface area contributed by atoms with Crippen molar-refractivity contribution in [3.63, 3.8) is 0 Å². The summed E-state index contributed by atoms with van der Waals surface area (Å²) in [6.45, 7) is 0.990. The Kier molecular flexibility index (Phi) is 6.68. The van der Waals surface area contributed by atoms with Crippen molar-refractivity contribution in [2.75, 3.05) is 29.0 Å². The molecule has 5 heterocycles. The maximum atomic E-state index is 13.0. The van der Waals surface area contributed by atoms with Crippen LogP contribution in [0.15, 0.2) is 55.1 Å². The third kappa shape index (κ3) is 5.60. The van der Waals surface area contributed by atoms with Crippen LogP contribution in [0.25, 0.3) is 0 Å². The van der Waals surface area contributed by atoms with E-state index in [2.05, 4.69) is 46.4 Å². The van der Waals surface area contributed by atoms with Crippen molar-refractivity contribution in [1.82, 2.24) is 35.4 Å². The number of aryl methyl sites for hydroxylation is 2. The Morgan fingerprint density at radius 3 is 2.85 bits per heavy atom. The summed E-state index contributed by atoms with van der Waals surface area (Å²) in [6.07, 6.45) is 8.63. The first-order valence-corrected chi connectivity index (χ1v) is 12.9. The first-order valence-electron chi connectivity index (χ1n) is 12.5. The van der Waals surface area contributed by atoms with Gasteiger partial charge in [0.1, 0.15) is 10.7 Å². The van der Waals surface area contributed by atoms with Gasteiger partial charge in [-0.05, 0) is 60.7 Å². The quantitative estimate of drug-likeness (QED) is 0.260. The zero-order valence-corrected chi connectivity index (χ0v) is 21.5. The lowest BCUT2D eigenvalue weighted by Gasteiger charge is -2.18. The number of aromatic amines is 1. The Morgan fingerprint density at radius 1 is 1.05 bits per heavy atom. The van der Waals surface area contributed by atoms with E-state index in [1.165, 1.54) is 6.20 Å². The molecule has 0 spiro atoms. The summed E-state index contributed by atoms with van der Waals surface area (Å²) in [5.41, 5.74) is 4.62. The highest BCUT2D eigenvalue weighted by Gasteiger charge is 2.28. The van der Waals surface area contributed by atoms with Crippen LogP contribution in [0.4, 0.5) is 33.6 Å². The number of H-pyrrole nitrogens is 1. The summed E-state index contributed by atoms with van der Waals surface area (Å²) in [4.78, 5) is 40.3. The monoisotopic (exact) mass is 544 g/mol. The largest absolute Gasteiger partial charge is 0.339 e. The second kappa shape index (κ2) is 10.6. The maximum Gasteiger partial charge on any atom is 0.319 e. The number of anilines is 5. The number of amides is 3. The topological polar surface area (TPSA) is 153 Å². The van der Waals surface area contributed by atoms with Gasteiger partial charge in [-0.3, -0.25) is 14.9 Å². The van der Waals surface area contributed by atoms with Crippen molar-refractivity contribution in [2.45, 2.75) is 25.3 Å². The second-order valence-corrected chi connectivity index (χ2v) is 9.81. The molecule has 39 heavy (non-hydrogen) atoms. The van der Waals surface area contributed by atoms with E-state index in [1.807, 2.05) is 30.5 Å². The molecule has 4 aromatic rings. The van der Waals surface area contributed by atoms with Gasteiger partial charge in [0.15, 0.2) is 5.82 Å². The Hall–Kier alpha value is -4.71. The lowest BCUT2D eigenvalue weighted by atomic mass is 10.0. The molecular weight excluding hydrogens is 520 g/mol. The van der Waals surface area contributed by atoms with Crippen LogP contribution in [0.5, 0.6) is 0 Å². The highest BCUT2D eigenvalue weighted by molar-refractivity contribution is 6.32. The summed E-state index contributed by atoms with van der Waals surface area (Å²) in [5, 5.41) is 19.3. The summed E-state index contributed by atoms with van der Waals surface area (Å²) in [5.74, 6) is 0.723. The van der Waals surface area contributed by atoms with Gasteiger partial charge in [-0.15, -0.1) is 0 Å². The molecule has 198 valence electrons. The Bertz CT molecular complexity index is 1530. The number of carbonyl (C=O) groups excluding carboxylic acids is 2. The van der Waals surface area contributed by atoms with Crippen LogP contribution in [0.3, 0.4) is 0 Å². The maximum absolute atomic E-state index is 13.0. The average Bonchev–Trinajstić information content (AvgIpc) is 3.63. The number of nitrogens with zero attached hydrogens (tertiary/aromatic N) is 5. The number of pyridine rings is 1. The molecule has 5 N–H and O–H groups in total. The Morgan fingerprint density at radius 2 is 1.97 bits per heavy atom. The van der Waals surface area contributed by atoms with E-state index in [9.17, 15) is 9.59 Å². The van der Waals surface area contributed by atoms with Crippen molar-refractivity contribution in [3.05, 3.63) is 77.0 Å². The van der Waals surface area contributed by atoms with Gasteiger partial charge in [-0.25, -0.2) is 9.78 Å². The highest BCUT2D eigenvalue weighted by atomic mass is 35.5. The second-order valence-electron chi connectivity index (χ2n) is 9.40. The van der Waals surface area contributed by atoms with E-state index in [0.717, 1.165) is 22.5 Å². The zero-order chi connectivity index (χ0) is 26.8. The molecular formula is C26H25ClN10O2. The lowest BCUT2D eigenvalue weighted by molar-refractivity contribution is 0.0783. The molecule has 3 amide bonds. The third-order valence-electron chi connectivity index (χ3n) is 6.64. The third-order valence-corrected chi connectivity index (χ3v) is 6.91. The van der Waals surface area contributed by atoms with Crippen LogP contribution in [0.1, 0.15) is 28.0 Å². The van der Waals surface area contributed by atoms with Crippen molar-refractivity contribution in [1.29, 1.82) is 0 Å². The van der Waals surface area contributed by atoms with Gasteiger partial charge in [-0.1, -0.05) is 11.6 Å². The van der Waals surface area contributed by atoms with Gasteiger partial charge in [0.2, 0.25) is 5.95 Å². The normalized spacial score (nSPS) is 16.1. The molecule has 1 fully saturated rings. The molecule has 0 radical (unpaired) electrons. The molecule has 12 nitrogen and oxygen atoms in total. The number of rotatable bonds is 3. The van der Waals surface area contributed by atoms with Gasteiger partial charge in [0.25, 0.3) is 5.91 Å². The highest BCUT2D eigenvalue weighted by Crippen LogP contribution is 2.29. The van der Waals surface area contributed by atoms with E-state index in [1.54, 1.807) is 23.4 Å². The molecule has 1 saturated heterocycles. The molecule has 2 aliphatic rings. The molecule has 6 rings (SSSR count). The SMILES string of the molecule is O=C(Nc1ccc2cc1CCc1cncc(c1)Nc1ncc(Cl)c(n1)N2)N[C@H]1CCN(C(=O)c2ccn[nH]2)C1. The van der Waals surface area contributed by atoms with Gasteiger partial charge in [0.05, 0.1) is 18.1 Å². The number of fused-ring (bicyclic) bond motifs is 6. The molecule has 1 aromatic carbocycles. The van der Waals surface area contributed by atoms with Gasteiger partial charge >= 0.3 is 6.03 Å². The van der Waals surface area contributed by atoms with Crippen LogP contribution >= 0.6 is 11.6 Å². The van der Waals surface area contributed by atoms with Crippen LogP contribution in [-0.2, 0) is 12.8 Å². The van der Waals surface area contributed by atoms with E-state index in [4.69, 9.17) is 11.6 Å². The minimum Gasteiger partial charge on any atom is -0.339 e. The molecule has 2 aliphatic heterocycles. The Balaban J connectivity index is 1.19. The van der Waals surface area contributed by atoms with E-state index in [0.29, 0.717) is 60.5 Å². The van der Waals surface area contributed by atoms with E-state index in [-0.39, 0.29) is 18.0 Å². The van der Waals surface area contributed by atoms with Crippen molar-refractivity contribution < 1.29 is 9.59 Å². The number of aromatic nitrogens is 5. The van der Waals surface area contributed by atoms with Gasteiger partial charge in [0, 0.05) is 42.9 Å². The summed E-state index contributed by atoms with van der Waals surface area (Å²) in [6, 6.07) is 8.83. The molecule has 1 atom stereocenters. The fourth-order valence-corrected chi connectivity index (χ4v) is 4.84. The standard InChI is InChI=1S/C26H25ClN10O2/c27-20-13-29-25-32-19-9-15(11-28-12-19)1-2-16-10-17(31-23(20)35-25)3-4-21(16)34-26(39)33-18-6-8-37(14-18)24(38)22-5-7-30-36-22/h3-5,7,9-13,18H,1-2,6,8,14H2,(H,30,36)(H2,33,34,39)(H2,29,31,32,35)/t18-/m0/s1. The Labute approximate surface area is 228 Å². The number of hydrogen-bond donors (Lipinski definition) is 5. The van der Waals surface area contributed by atoms with E-state index < -0.39 is 0 Å². The minimum atomic E-state index is -0.327.